The van der Waals surface area contributed by atoms with Crippen LogP contribution in [-0.2, 0) is 12.8 Å². The monoisotopic (exact) mass is 260 g/mol. The standard InChI is InChI=1S/C14H20N4O/c1-5-9-7-10(13(15)19)16-14-17-12(8(3)4)11(6-2)18(9)14/h7-8H,5-6H2,1-4H3,(H2,15,19). The molecule has 0 unspecified atom stereocenters. The van der Waals surface area contributed by atoms with E-state index in [-0.39, 0.29) is 5.69 Å². The van der Waals surface area contributed by atoms with Gasteiger partial charge in [-0.15, -0.1) is 0 Å². The van der Waals surface area contributed by atoms with Crippen molar-refractivity contribution in [1.29, 1.82) is 0 Å². The van der Waals surface area contributed by atoms with Gasteiger partial charge in [0.1, 0.15) is 5.69 Å². The highest BCUT2D eigenvalue weighted by molar-refractivity contribution is 5.91. The third-order valence-electron chi connectivity index (χ3n) is 3.29. The smallest absolute Gasteiger partial charge is 0.267 e. The molecule has 0 bridgehead atoms. The van der Waals surface area contributed by atoms with Gasteiger partial charge in [-0.25, -0.2) is 9.97 Å². The van der Waals surface area contributed by atoms with Crippen molar-refractivity contribution in [1.82, 2.24) is 14.4 Å². The Labute approximate surface area is 112 Å². The molecule has 0 fully saturated rings. The number of carbonyl (C=O) groups excluding carboxylic acids is 1. The molecule has 1 amide bonds. The Bertz CT molecular complexity index is 628. The minimum Gasteiger partial charge on any atom is -0.364 e. The molecule has 0 aliphatic rings. The molecule has 2 aromatic heterocycles. The number of imidazole rings is 1. The van der Waals surface area contributed by atoms with Crippen LogP contribution in [0.5, 0.6) is 0 Å². The number of aromatic nitrogens is 3. The van der Waals surface area contributed by atoms with E-state index in [0.29, 0.717) is 11.7 Å². The molecule has 5 heteroatoms. The average molecular weight is 260 g/mol. The van der Waals surface area contributed by atoms with E-state index in [0.717, 1.165) is 24.2 Å². The summed E-state index contributed by atoms with van der Waals surface area (Å²) in [5, 5.41) is 0. The molecule has 0 aliphatic carbocycles. The van der Waals surface area contributed by atoms with E-state index in [1.807, 2.05) is 6.92 Å². The number of primary amides is 1. The summed E-state index contributed by atoms with van der Waals surface area (Å²) >= 11 is 0. The van der Waals surface area contributed by atoms with E-state index in [4.69, 9.17) is 5.73 Å². The summed E-state index contributed by atoms with van der Waals surface area (Å²) in [6.07, 6.45) is 1.69. The minimum absolute atomic E-state index is 0.285. The molecular formula is C14H20N4O. The lowest BCUT2D eigenvalue weighted by molar-refractivity contribution is 0.0995. The van der Waals surface area contributed by atoms with Gasteiger partial charge in [0.2, 0.25) is 5.78 Å². The lowest BCUT2D eigenvalue weighted by atomic mass is 10.1. The molecule has 0 aromatic carbocycles. The zero-order valence-corrected chi connectivity index (χ0v) is 11.9. The molecule has 5 nitrogen and oxygen atoms in total. The SMILES string of the molecule is CCc1cc(C(N)=O)nc2nc(C(C)C)c(CC)n12. The summed E-state index contributed by atoms with van der Waals surface area (Å²) in [6, 6.07) is 1.76. The first-order valence-corrected chi connectivity index (χ1v) is 6.70. The molecule has 19 heavy (non-hydrogen) atoms. The van der Waals surface area contributed by atoms with Crippen molar-refractivity contribution in [2.45, 2.75) is 46.5 Å². The molecule has 2 rings (SSSR count). The van der Waals surface area contributed by atoms with Gasteiger partial charge in [-0.1, -0.05) is 27.7 Å². The molecule has 2 N–H and O–H groups in total. The second kappa shape index (κ2) is 4.99. The summed E-state index contributed by atoms with van der Waals surface area (Å²) in [4.78, 5) is 20.2. The van der Waals surface area contributed by atoms with Gasteiger partial charge in [-0.3, -0.25) is 9.20 Å². The lowest BCUT2D eigenvalue weighted by Gasteiger charge is -2.08. The number of amides is 1. The zero-order chi connectivity index (χ0) is 14.2. The summed E-state index contributed by atoms with van der Waals surface area (Å²) < 4.78 is 2.06. The normalized spacial score (nSPS) is 11.4. The molecule has 0 radical (unpaired) electrons. The summed E-state index contributed by atoms with van der Waals surface area (Å²) in [7, 11) is 0. The maximum absolute atomic E-state index is 11.3. The number of rotatable bonds is 4. The largest absolute Gasteiger partial charge is 0.364 e. The second-order valence-electron chi connectivity index (χ2n) is 4.94. The Morgan fingerprint density at radius 1 is 1.32 bits per heavy atom. The number of hydrogen-bond donors (Lipinski definition) is 1. The van der Waals surface area contributed by atoms with E-state index in [9.17, 15) is 4.79 Å². The van der Waals surface area contributed by atoms with Gasteiger partial charge in [0.15, 0.2) is 0 Å². The molecule has 2 heterocycles. The predicted octanol–water partition coefficient (Wildman–Crippen LogP) is 2.08. The van der Waals surface area contributed by atoms with Crippen molar-refractivity contribution in [3.05, 3.63) is 28.8 Å². The van der Waals surface area contributed by atoms with Crippen molar-refractivity contribution in [2.75, 3.05) is 0 Å². The Morgan fingerprint density at radius 3 is 2.47 bits per heavy atom. The van der Waals surface area contributed by atoms with Gasteiger partial charge < -0.3 is 5.73 Å². The maximum Gasteiger partial charge on any atom is 0.267 e. The number of hydrogen-bond acceptors (Lipinski definition) is 3. The Balaban J connectivity index is 2.82. The van der Waals surface area contributed by atoms with Crippen molar-refractivity contribution in [3.63, 3.8) is 0 Å². The van der Waals surface area contributed by atoms with Gasteiger partial charge in [0, 0.05) is 11.4 Å². The molecule has 0 saturated carbocycles. The molecule has 0 spiro atoms. The van der Waals surface area contributed by atoms with Crippen LogP contribution in [0.1, 0.15) is 61.2 Å². The van der Waals surface area contributed by atoms with E-state index in [1.165, 1.54) is 5.69 Å². The van der Waals surface area contributed by atoms with E-state index >= 15 is 0 Å². The molecule has 2 aromatic rings. The summed E-state index contributed by atoms with van der Waals surface area (Å²) in [5.41, 5.74) is 8.85. The predicted molar refractivity (Wildman–Crippen MR) is 74.3 cm³/mol. The number of carbonyl (C=O) groups is 1. The second-order valence-corrected chi connectivity index (χ2v) is 4.94. The number of nitrogens with two attached hydrogens (primary N) is 1. The number of aryl methyl sites for hydroxylation is 2. The highest BCUT2D eigenvalue weighted by Gasteiger charge is 2.18. The highest BCUT2D eigenvalue weighted by atomic mass is 16.1. The van der Waals surface area contributed by atoms with Gasteiger partial charge in [-0.05, 0) is 24.8 Å². The van der Waals surface area contributed by atoms with Crippen molar-refractivity contribution >= 4 is 11.7 Å². The van der Waals surface area contributed by atoms with Gasteiger partial charge in [-0.2, -0.15) is 0 Å². The highest BCUT2D eigenvalue weighted by Crippen LogP contribution is 2.22. The van der Waals surface area contributed by atoms with Crippen LogP contribution in [0.4, 0.5) is 0 Å². The third kappa shape index (κ3) is 2.20. The third-order valence-corrected chi connectivity index (χ3v) is 3.29. The van der Waals surface area contributed by atoms with Crippen LogP contribution in [0, 0.1) is 0 Å². The van der Waals surface area contributed by atoms with Gasteiger partial charge >= 0.3 is 0 Å². The van der Waals surface area contributed by atoms with E-state index in [1.54, 1.807) is 6.07 Å². The fourth-order valence-corrected chi connectivity index (χ4v) is 2.38. The van der Waals surface area contributed by atoms with Crippen molar-refractivity contribution in [3.8, 4) is 0 Å². The van der Waals surface area contributed by atoms with E-state index < -0.39 is 5.91 Å². The zero-order valence-electron chi connectivity index (χ0n) is 11.9. The van der Waals surface area contributed by atoms with Gasteiger partial charge in [0.05, 0.1) is 5.69 Å². The van der Waals surface area contributed by atoms with E-state index in [2.05, 4.69) is 35.1 Å². The Morgan fingerprint density at radius 2 is 2.00 bits per heavy atom. The molecular weight excluding hydrogens is 240 g/mol. The van der Waals surface area contributed by atoms with Crippen LogP contribution in [0.3, 0.4) is 0 Å². The van der Waals surface area contributed by atoms with Crippen molar-refractivity contribution < 1.29 is 4.79 Å². The van der Waals surface area contributed by atoms with Crippen LogP contribution < -0.4 is 5.73 Å². The Kier molecular flexibility index (Phi) is 3.55. The maximum atomic E-state index is 11.3. The number of nitrogens with zero attached hydrogens (tertiary/aromatic N) is 3. The fraction of sp³-hybridized carbons (Fsp3) is 0.500. The molecule has 102 valence electrons. The first-order valence-electron chi connectivity index (χ1n) is 6.70. The quantitative estimate of drug-likeness (QED) is 0.914. The summed E-state index contributed by atoms with van der Waals surface area (Å²) in [6.45, 7) is 8.38. The summed E-state index contributed by atoms with van der Waals surface area (Å²) in [5.74, 6) is 0.399. The average Bonchev–Trinajstić information content (AvgIpc) is 2.75. The van der Waals surface area contributed by atoms with Gasteiger partial charge in [0.25, 0.3) is 5.91 Å². The molecule has 0 saturated heterocycles. The fourth-order valence-electron chi connectivity index (χ4n) is 2.38. The Hall–Kier alpha value is -1.91. The topological polar surface area (TPSA) is 73.3 Å². The minimum atomic E-state index is -0.510. The van der Waals surface area contributed by atoms with Crippen LogP contribution in [0.15, 0.2) is 6.07 Å². The molecule has 0 atom stereocenters. The first-order chi connectivity index (χ1) is 8.99. The number of fused-ring (bicyclic) bond motifs is 1. The molecule has 0 aliphatic heterocycles. The van der Waals surface area contributed by atoms with Crippen molar-refractivity contribution in [2.24, 2.45) is 5.73 Å². The van der Waals surface area contributed by atoms with Crippen LogP contribution >= 0.6 is 0 Å². The van der Waals surface area contributed by atoms with Crippen LogP contribution in [0.2, 0.25) is 0 Å². The first kappa shape index (κ1) is 13.5. The lowest BCUT2D eigenvalue weighted by Crippen LogP contribution is -2.15. The van der Waals surface area contributed by atoms with Crippen LogP contribution in [0.25, 0.3) is 5.78 Å². The van der Waals surface area contributed by atoms with Crippen LogP contribution in [-0.4, -0.2) is 20.3 Å².